The average molecular weight is 651 g/mol. The van der Waals surface area contributed by atoms with Crippen LogP contribution in [0, 0.1) is 11.8 Å². The van der Waals surface area contributed by atoms with Crippen LogP contribution in [0.2, 0.25) is 0 Å². The van der Waals surface area contributed by atoms with E-state index in [1.165, 1.54) is 26.2 Å². The van der Waals surface area contributed by atoms with Gasteiger partial charge in [0, 0.05) is 32.4 Å². The number of nitrogens with one attached hydrogen (secondary N) is 4. The minimum absolute atomic E-state index is 0.0498. The van der Waals surface area contributed by atoms with Crippen molar-refractivity contribution in [1.82, 2.24) is 21.3 Å². The average Bonchev–Trinajstić information content (AvgIpc) is 2.99. The van der Waals surface area contributed by atoms with E-state index in [2.05, 4.69) is 55.9 Å². The van der Waals surface area contributed by atoms with Crippen LogP contribution in [0.25, 0.3) is 0 Å². The molecule has 4 N–H and O–H groups in total. The maximum Gasteiger partial charge on any atom is 0.243 e. The quantitative estimate of drug-likeness (QED) is 0.0627. The molecule has 0 fully saturated rings. The Labute approximate surface area is 281 Å². The van der Waals surface area contributed by atoms with Gasteiger partial charge in [0.1, 0.15) is 6.04 Å². The molecule has 0 aliphatic rings. The fraction of sp³-hybridized carbons (Fsp3) is 0.865. The first-order valence-corrected chi connectivity index (χ1v) is 18.6. The summed E-state index contributed by atoms with van der Waals surface area (Å²) in [6, 6.07) is -1.37. The molecule has 0 saturated heterocycles. The summed E-state index contributed by atoms with van der Waals surface area (Å²) < 4.78 is 0. The Hall–Kier alpha value is -2.45. The molecular formula is C37H70N4O5. The minimum atomic E-state index is -0.732. The SMILES string of the molecule is CCCCCC(=O)NCCCCC(NC(=O)CCCCC(C)C)C(=O)NC(CCCCNC(=O)CCCCC(C)CCC)C(C)=O. The summed E-state index contributed by atoms with van der Waals surface area (Å²) in [5, 5.41) is 11.7. The van der Waals surface area contributed by atoms with Gasteiger partial charge in [0.25, 0.3) is 0 Å². The first-order valence-electron chi connectivity index (χ1n) is 18.6. The fourth-order valence-corrected chi connectivity index (χ4v) is 5.55. The number of Topliss-reactive ketones (excluding diaryl/α,β-unsaturated/α-hetero) is 1. The highest BCUT2D eigenvalue weighted by Crippen LogP contribution is 2.14. The maximum atomic E-state index is 13.3. The first-order chi connectivity index (χ1) is 22.0. The summed E-state index contributed by atoms with van der Waals surface area (Å²) >= 11 is 0. The van der Waals surface area contributed by atoms with Crippen molar-refractivity contribution in [2.75, 3.05) is 13.1 Å². The van der Waals surface area contributed by atoms with Crippen molar-refractivity contribution in [2.45, 2.75) is 182 Å². The molecule has 3 atom stereocenters. The molecule has 0 spiro atoms. The molecule has 0 aliphatic heterocycles. The van der Waals surface area contributed by atoms with Gasteiger partial charge in [-0.2, -0.15) is 0 Å². The van der Waals surface area contributed by atoms with Crippen LogP contribution in [0.1, 0.15) is 170 Å². The maximum absolute atomic E-state index is 13.3. The molecule has 0 radical (unpaired) electrons. The minimum Gasteiger partial charge on any atom is -0.356 e. The summed E-state index contributed by atoms with van der Waals surface area (Å²) in [4.78, 5) is 62.6. The largest absolute Gasteiger partial charge is 0.356 e. The van der Waals surface area contributed by atoms with Gasteiger partial charge >= 0.3 is 0 Å². The van der Waals surface area contributed by atoms with E-state index in [1.54, 1.807) is 0 Å². The highest BCUT2D eigenvalue weighted by molar-refractivity contribution is 5.92. The molecule has 0 bridgehead atoms. The van der Waals surface area contributed by atoms with Crippen LogP contribution in [-0.2, 0) is 24.0 Å². The Morgan fingerprint density at radius 1 is 0.500 bits per heavy atom. The highest BCUT2D eigenvalue weighted by Gasteiger charge is 2.25. The molecule has 9 heteroatoms. The van der Waals surface area contributed by atoms with E-state index in [0.29, 0.717) is 76.3 Å². The topological polar surface area (TPSA) is 133 Å². The van der Waals surface area contributed by atoms with Crippen LogP contribution in [0.5, 0.6) is 0 Å². The number of ketones is 1. The van der Waals surface area contributed by atoms with Crippen molar-refractivity contribution in [3.05, 3.63) is 0 Å². The van der Waals surface area contributed by atoms with Crippen LogP contribution in [-0.4, -0.2) is 54.6 Å². The lowest BCUT2D eigenvalue weighted by molar-refractivity contribution is -0.131. The number of amides is 4. The molecule has 268 valence electrons. The molecular weight excluding hydrogens is 580 g/mol. The van der Waals surface area contributed by atoms with Crippen molar-refractivity contribution in [3.8, 4) is 0 Å². The van der Waals surface area contributed by atoms with Crippen LogP contribution in [0.15, 0.2) is 0 Å². The number of hydrogen-bond donors (Lipinski definition) is 4. The standard InChI is InChI=1S/C37H70N4O5/c1-7-9-10-24-34(43)38-28-18-16-23-33(40-36(45)26-13-11-20-29(3)4)37(46)41-32(31(6)42)22-15-17-27-39-35(44)25-14-12-21-30(5)19-8-2/h29-30,32-33H,7-28H2,1-6H3,(H,38,43)(H,39,44)(H,40,45)(H,41,46). The number of carbonyl (C=O) groups excluding carboxylic acids is 5. The van der Waals surface area contributed by atoms with E-state index in [-0.39, 0.29) is 29.4 Å². The molecule has 0 aliphatic carbocycles. The predicted molar refractivity (Wildman–Crippen MR) is 188 cm³/mol. The van der Waals surface area contributed by atoms with E-state index in [0.717, 1.165) is 57.8 Å². The molecule has 4 amide bonds. The second-order valence-electron chi connectivity index (χ2n) is 13.7. The van der Waals surface area contributed by atoms with E-state index in [4.69, 9.17) is 0 Å². The number of carbonyl (C=O) groups is 5. The number of hydrogen-bond acceptors (Lipinski definition) is 5. The summed E-state index contributed by atoms with van der Waals surface area (Å²) in [5.41, 5.74) is 0. The van der Waals surface area contributed by atoms with E-state index in [9.17, 15) is 24.0 Å². The fourth-order valence-electron chi connectivity index (χ4n) is 5.55. The third-order valence-electron chi connectivity index (χ3n) is 8.52. The number of rotatable bonds is 30. The van der Waals surface area contributed by atoms with E-state index in [1.807, 2.05) is 0 Å². The van der Waals surface area contributed by atoms with Gasteiger partial charge in [0.05, 0.1) is 6.04 Å². The molecule has 0 heterocycles. The predicted octanol–water partition coefficient (Wildman–Crippen LogP) is 6.91. The summed E-state index contributed by atoms with van der Waals surface area (Å²) in [5.74, 6) is 0.793. The Bertz CT molecular complexity index is 848. The molecule has 0 aromatic heterocycles. The second kappa shape index (κ2) is 28.7. The lowest BCUT2D eigenvalue weighted by atomic mass is 9.98. The van der Waals surface area contributed by atoms with Crippen LogP contribution >= 0.6 is 0 Å². The third-order valence-corrected chi connectivity index (χ3v) is 8.52. The van der Waals surface area contributed by atoms with Crippen molar-refractivity contribution in [1.29, 1.82) is 0 Å². The highest BCUT2D eigenvalue weighted by atomic mass is 16.2. The normalized spacial score (nSPS) is 13.1. The molecule has 0 rings (SSSR count). The van der Waals surface area contributed by atoms with Crippen molar-refractivity contribution >= 4 is 29.4 Å². The summed E-state index contributed by atoms with van der Waals surface area (Å²) in [6.45, 7) is 13.5. The third kappa shape index (κ3) is 25.7. The van der Waals surface area contributed by atoms with Gasteiger partial charge in [-0.25, -0.2) is 0 Å². The van der Waals surface area contributed by atoms with Gasteiger partial charge in [-0.05, 0) is 76.5 Å². The van der Waals surface area contributed by atoms with Gasteiger partial charge < -0.3 is 21.3 Å². The van der Waals surface area contributed by atoms with Crippen molar-refractivity contribution in [2.24, 2.45) is 11.8 Å². The lowest BCUT2D eigenvalue weighted by Gasteiger charge is -2.22. The lowest BCUT2D eigenvalue weighted by Crippen LogP contribution is -2.51. The molecule has 46 heavy (non-hydrogen) atoms. The van der Waals surface area contributed by atoms with Crippen LogP contribution in [0.4, 0.5) is 0 Å². The number of unbranched alkanes of at least 4 members (excludes halogenated alkanes) is 6. The second-order valence-corrected chi connectivity index (χ2v) is 13.7. The van der Waals surface area contributed by atoms with Crippen LogP contribution in [0.3, 0.4) is 0 Å². The van der Waals surface area contributed by atoms with Crippen molar-refractivity contribution < 1.29 is 24.0 Å². The zero-order valence-electron chi connectivity index (χ0n) is 30.4. The van der Waals surface area contributed by atoms with Gasteiger partial charge in [-0.3, -0.25) is 24.0 Å². The molecule has 9 nitrogen and oxygen atoms in total. The first kappa shape index (κ1) is 43.5. The molecule has 0 aromatic carbocycles. The van der Waals surface area contributed by atoms with Gasteiger partial charge in [-0.1, -0.05) is 86.0 Å². The molecule has 0 aromatic rings. The molecule has 0 saturated carbocycles. The van der Waals surface area contributed by atoms with Gasteiger partial charge in [0.15, 0.2) is 5.78 Å². The van der Waals surface area contributed by atoms with E-state index < -0.39 is 12.1 Å². The Kier molecular flexibility index (Phi) is 27.2. The van der Waals surface area contributed by atoms with Gasteiger partial charge in [-0.15, -0.1) is 0 Å². The van der Waals surface area contributed by atoms with Crippen LogP contribution < -0.4 is 21.3 Å². The monoisotopic (exact) mass is 651 g/mol. The smallest absolute Gasteiger partial charge is 0.243 e. The van der Waals surface area contributed by atoms with E-state index >= 15 is 0 Å². The molecule has 3 unspecified atom stereocenters. The Balaban J connectivity index is 4.74. The summed E-state index contributed by atoms with van der Waals surface area (Å²) in [6.07, 6.45) is 16.5. The van der Waals surface area contributed by atoms with Crippen molar-refractivity contribution in [3.63, 3.8) is 0 Å². The Morgan fingerprint density at radius 3 is 1.52 bits per heavy atom. The Morgan fingerprint density at radius 2 is 1.00 bits per heavy atom. The zero-order chi connectivity index (χ0) is 34.6. The summed E-state index contributed by atoms with van der Waals surface area (Å²) in [7, 11) is 0. The van der Waals surface area contributed by atoms with Gasteiger partial charge in [0.2, 0.25) is 23.6 Å². The zero-order valence-corrected chi connectivity index (χ0v) is 30.4.